The third-order valence-electron chi connectivity index (χ3n) is 0.608. The average Bonchev–Trinajstić information content (AvgIpc) is 2.49. The van der Waals surface area contributed by atoms with E-state index in [0.29, 0.717) is 0 Å². The van der Waals surface area contributed by atoms with Gasteiger partial charge in [-0.1, -0.05) is 0 Å². The van der Waals surface area contributed by atoms with Crippen LogP contribution in [0, 0.1) is 33.3 Å². The number of ether oxygens (including phenoxy) is 1. The molecule has 0 bridgehead atoms. The van der Waals surface area contributed by atoms with E-state index in [1.54, 1.807) is 7.11 Å². The molecule has 7 heteroatoms. The van der Waals surface area contributed by atoms with Crippen molar-refractivity contribution in [2.45, 2.75) is 13.8 Å². The molecule has 18 heavy (non-hydrogen) atoms. The fourth-order valence-corrected chi connectivity index (χ4v) is 1.14. The Balaban J connectivity index is -0.0000000304. The van der Waals surface area contributed by atoms with Gasteiger partial charge in [0, 0.05) is 0 Å². The third-order valence-corrected chi connectivity index (χ3v) is 1.63. The summed E-state index contributed by atoms with van der Waals surface area (Å²) in [6.07, 6.45) is 2.04. The molecule has 0 rings (SSSR count). The van der Waals surface area contributed by atoms with Crippen LogP contribution in [0.3, 0.4) is 0 Å². The zero-order valence-corrected chi connectivity index (χ0v) is 12.9. The summed E-state index contributed by atoms with van der Waals surface area (Å²) in [5.41, 5.74) is 1.29. The van der Waals surface area contributed by atoms with Crippen molar-refractivity contribution in [3.63, 3.8) is 0 Å². The zero-order chi connectivity index (χ0) is 16.6. The molecule has 0 saturated carbocycles. The Kier molecular flexibility index (Phi) is 147. The van der Waals surface area contributed by atoms with E-state index in [9.17, 15) is 0 Å². The molecule has 0 atom stereocenters. The minimum atomic E-state index is 1.05. The standard InChI is InChI=1S/C6H10O.5CO.W/c1-6(2)4-5-7-3;5*1-2;/h4H,1-3H3;;;;;;. The normalized spacial score (nSPS) is 4.28. The number of hydrogen-bond acceptors (Lipinski definition) is 1. The first-order valence-corrected chi connectivity index (χ1v) is 4.88. The number of hydrogen-bond donors (Lipinski definition) is 0. The topological polar surface area (TPSA) is 109 Å². The Labute approximate surface area is 117 Å². The predicted octanol–water partition coefficient (Wildman–Crippen LogP) is 1.09. The molecule has 0 radical (unpaired) electrons. The van der Waals surface area contributed by atoms with Gasteiger partial charge in [0.25, 0.3) is 0 Å². The van der Waals surface area contributed by atoms with Gasteiger partial charge in [-0.2, -0.15) is 0 Å². The van der Waals surface area contributed by atoms with Crippen LogP contribution in [0.5, 0.6) is 0 Å². The van der Waals surface area contributed by atoms with Crippen LogP contribution < -0.4 is 0 Å². The van der Waals surface area contributed by atoms with Gasteiger partial charge in [0.1, 0.15) is 0 Å². The van der Waals surface area contributed by atoms with Crippen molar-refractivity contribution in [3.05, 3.63) is 44.9 Å². The van der Waals surface area contributed by atoms with Gasteiger partial charge in [-0.05, 0) is 0 Å². The molecule has 0 aliphatic heterocycles. The van der Waals surface area contributed by atoms with Gasteiger partial charge in [-0.25, -0.2) is 0 Å². The number of rotatable bonds is 2. The van der Waals surface area contributed by atoms with Crippen LogP contribution in [0.1, 0.15) is 13.8 Å². The first kappa shape index (κ1) is 36.0. The summed E-state index contributed by atoms with van der Waals surface area (Å²) in [6.45, 7) is 26.6. The molecule has 0 aromatic heterocycles. The van der Waals surface area contributed by atoms with Crippen molar-refractivity contribution in [3.8, 4) is 0 Å². The van der Waals surface area contributed by atoms with Gasteiger partial charge in [-0.3, -0.25) is 0 Å². The van der Waals surface area contributed by atoms with E-state index in [1.807, 2.05) is 6.08 Å². The minimum absolute atomic E-state index is 1.05. The molecule has 0 aromatic carbocycles. The Morgan fingerprint density at radius 1 is 0.833 bits per heavy atom. The molecule has 0 aromatic rings. The molecule has 0 fully saturated rings. The maximum atomic E-state index is 7.50. The van der Waals surface area contributed by atoms with Crippen molar-refractivity contribution in [2.24, 2.45) is 0 Å². The van der Waals surface area contributed by atoms with E-state index in [4.69, 9.17) is 28.0 Å². The summed E-state index contributed by atoms with van der Waals surface area (Å²) in [5, 5.41) is 0. The monoisotopic (exact) mass is 422 g/mol. The predicted molar refractivity (Wildman–Crippen MR) is 51.1 cm³/mol. The second kappa shape index (κ2) is 73.7. The van der Waals surface area contributed by atoms with Crippen LogP contribution in [-0.4, -0.2) is 11.2 Å². The van der Waals surface area contributed by atoms with E-state index < -0.39 is 0 Å². The van der Waals surface area contributed by atoms with Crippen molar-refractivity contribution >= 4 is 4.08 Å². The van der Waals surface area contributed by atoms with Gasteiger partial charge in [-0.15, -0.1) is 0 Å². The molecule has 0 spiro atoms. The summed E-state index contributed by atoms with van der Waals surface area (Å²) in [4.78, 5) is 0. The van der Waals surface area contributed by atoms with Crippen LogP contribution in [0.25, 0.3) is 0 Å². The molecule has 96 valence electrons. The molecule has 0 amide bonds. The summed E-state index contributed by atoms with van der Waals surface area (Å²) < 4.78 is 43.5. The van der Waals surface area contributed by atoms with E-state index in [0.717, 1.165) is 4.08 Å². The first-order chi connectivity index (χ1) is 8.66. The van der Waals surface area contributed by atoms with Crippen molar-refractivity contribution < 1.29 is 47.4 Å². The Bertz CT molecular complexity index is 243. The summed E-state index contributed by atoms with van der Waals surface area (Å²) in [5.74, 6) is 0. The van der Waals surface area contributed by atoms with Gasteiger partial charge in [0.05, 0.1) is 0 Å². The van der Waals surface area contributed by atoms with Crippen LogP contribution in [0.15, 0.2) is 11.6 Å². The summed E-state index contributed by atoms with van der Waals surface area (Å²) in [7, 11) is 1.70. The van der Waals surface area contributed by atoms with Crippen LogP contribution in [0.2, 0.25) is 0 Å². The summed E-state index contributed by atoms with van der Waals surface area (Å²) in [6, 6.07) is 0. The first-order valence-electron chi connectivity index (χ1n) is 3.41. The Morgan fingerprint density at radius 3 is 1.11 bits per heavy atom. The fourth-order valence-electron chi connectivity index (χ4n) is 0.295. The zero-order valence-electron chi connectivity index (χ0n) is 9.94. The second-order valence-corrected chi connectivity index (χ2v) is 3.19. The molecular formula is C11H10O6W. The molecule has 0 N–H and O–H groups in total. The molecule has 0 saturated heterocycles. The molecule has 0 aliphatic rings. The Morgan fingerprint density at radius 2 is 1.06 bits per heavy atom. The number of allylic oxidation sites excluding steroid dienone is 1. The van der Waals surface area contributed by atoms with Crippen LogP contribution >= 0.6 is 0 Å². The van der Waals surface area contributed by atoms with E-state index >= 15 is 0 Å². The molecule has 0 unspecified atom stereocenters. The van der Waals surface area contributed by atoms with E-state index in [2.05, 4.69) is 47.1 Å². The van der Waals surface area contributed by atoms with Crippen LogP contribution in [0.4, 0.5) is 0 Å². The molecule has 6 nitrogen and oxygen atoms in total. The molecule has 0 aliphatic carbocycles. The van der Waals surface area contributed by atoms with Gasteiger partial charge in [0.15, 0.2) is 0 Å². The quantitative estimate of drug-likeness (QED) is 0.482. The van der Waals surface area contributed by atoms with Gasteiger partial charge in [0.2, 0.25) is 0 Å². The number of methoxy groups -OCH3 is 1. The second-order valence-electron chi connectivity index (χ2n) is 1.74. The Hall–Kier alpha value is -1.04. The molecule has 0 heterocycles. The van der Waals surface area contributed by atoms with Gasteiger partial charge >= 0.3 is 117 Å². The van der Waals surface area contributed by atoms with Gasteiger partial charge < -0.3 is 0 Å². The fraction of sp³-hybridized carbons (Fsp3) is 0.273. The SMILES string of the molecule is CO[C](=[W])C=C(C)C.[C-]#[O+].[C-]#[O+].[C-]#[O+].[C-]#[O+].[C-]#[O+]. The van der Waals surface area contributed by atoms with Crippen LogP contribution in [-0.2, 0) is 47.4 Å². The van der Waals surface area contributed by atoms with Crippen molar-refractivity contribution in [1.29, 1.82) is 0 Å². The van der Waals surface area contributed by atoms with Crippen molar-refractivity contribution in [1.82, 2.24) is 0 Å². The average molecular weight is 422 g/mol. The summed E-state index contributed by atoms with van der Waals surface area (Å²) >= 11 is 1.38. The maximum absolute atomic E-state index is 7.50. The van der Waals surface area contributed by atoms with E-state index in [-0.39, 0.29) is 0 Å². The third kappa shape index (κ3) is 119. The van der Waals surface area contributed by atoms with Crippen molar-refractivity contribution in [2.75, 3.05) is 7.11 Å². The molecular weight excluding hydrogens is 412 g/mol. The van der Waals surface area contributed by atoms with E-state index in [1.165, 1.54) is 24.9 Å².